The number of aromatic nitrogens is 1. The third-order valence-corrected chi connectivity index (χ3v) is 6.45. The number of nitrogens with one attached hydrogen (secondary N) is 1. The van der Waals surface area contributed by atoms with Crippen LogP contribution in [-0.4, -0.2) is 23.5 Å². The van der Waals surface area contributed by atoms with E-state index in [0.29, 0.717) is 6.04 Å². The minimum atomic E-state index is 0.509. The third kappa shape index (κ3) is 2.57. The van der Waals surface area contributed by atoms with E-state index in [9.17, 15) is 0 Å². The first-order valence-electron chi connectivity index (χ1n) is 8.89. The Kier molecular flexibility index (Phi) is 3.61. The van der Waals surface area contributed by atoms with Crippen molar-refractivity contribution in [3.8, 4) is 11.3 Å². The molecule has 25 heavy (non-hydrogen) atoms. The third-order valence-electron chi connectivity index (χ3n) is 5.41. The maximum atomic E-state index is 4.96. The summed E-state index contributed by atoms with van der Waals surface area (Å²) in [6.45, 7) is 1.97. The fourth-order valence-corrected chi connectivity index (χ4v) is 5.10. The van der Waals surface area contributed by atoms with Crippen LogP contribution >= 0.6 is 11.3 Å². The monoisotopic (exact) mass is 347 g/mol. The minimum Gasteiger partial charge on any atom is -0.357 e. The van der Waals surface area contributed by atoms with Crippen LogP contribution in [0.4, 0.5) is 5.13 Å². The van der Waals surface area contributed by atoms with Crippen molar-refractivity contribution in [2.75, 3.05) is 18.9 Å². The van der Waals surface area contributed by atoms with E-state index in [0.717, 1.165) is 31.1 Å². The van der Waals surface area contributed by atoms with Crippen molar-refractivity contribution in [3.63, 3.8) is 0 Å². The molecule has 1 aliphatic carbocycles. The van der Waals surface area contributed by atoms with Crippen molar-refractivity contribution in [2.45, 2.75) is 25.4 Å². The summed E-state index contributed by atoms with van der Waals surface area (Å²) in [4.78, 5) is 8.88. The number of nitrogens with zero attached hydrogens (tertiary/aromatic N) is 2. The van der Waals surface area contributed by atoms with Crippen molar-refractivity contribution in [1.82, 2.24) is 9.88 Å². The first kappa shape index (κ1) is 15.1. The van der Waals surface area contributed by atoms with Crippen molar-refractivity contribution >= 4 is 16.5 Å². The highest BCUT2D eigenvalue weighted by atomic mass is 32.1. The summed E-state index contributed by atoms with van der Waals surface area (Å²) in [5.74, 6) is 0. The molecule has 2 heterocycles. The first-order chi connectivity index (χ1) is 12.3. The standard InChI is InChI=1S/C21H21N3S/c1-24-11-10-15-8-5-9-16-19(15)17(24)12-18-20(16)23-21(25-18)22-13-14-6-3-2-4-7-14/h2-9,17H,10-13H2,1H3,(H,22,23). The van der Waals surface area contributed by atoms with Gasteiger partial charge in [-0.05, 0) is 30.2 Å². The van der Waals surface area contributed by atoms with Crippen LogP contribution in [0.15, 0.2) is 48.5 Å². The Morgan fingerprint density at radius 1 is 1.16 bits per heavy atom. The van der Waals surface area contributed by atoms with Gasteiger partial charge >= 0.3 is 0 Å². The zero-order chi connectivity index (χ0) is 16.8. The van der Waals surface area contributed by atoms with Crippen LogP contribution in [0.25, 0.3) is 11.3 Å². The summed E-state index contributed by atoms with van der Waals surface area (Å²) < 4.78 is 0. The number of benzene rings is 2. The molecule has 126 valence electrons. The molecular formula is C21H21N3S. The molecule has 0 amide bonds. The van der Waals surface area contributed by atoms with Crippen LogP contribution in [0.1, 0.15) is 27.6 Å². The van der Waals surface area contributed by atoms with Gasteiger partial charge in [0, 0.05) is 36.0 Å². The number of likely N-dealkylation sites (N-methyl/N-ethyl adjacent to an activating group) is 1. The van der Waals surface area contributed by atoms with E-state index in [1.807, 2.05) is 11.3 Å². The van der Waals surface area contributed by atoms with Crippen LogP contribution in [-0.2, 0) is 19.4 Å². The molecule has 1 atom stereocenters. The molecule has 0 spiro atoms. The van der Waals surface area contributed by atoms with Gasteiger partial charge in [0.05, 0.1) is 5.69 Å². The van der Waals surface area contributed by atoms with Crippen LogP contribution < -0.4 is 5.32 Å². The zero-order valence-electron chi connectivity index (χ0n) is 14.3. The van der Waals surface area contributed by atoms with Gasteiger partial charge in [0.1, 0.15) is 0 Å². The number of anilines is 1. The van der Waals surface area contributed by atoms with Gasteiger partial charge in [-0.3, -0.25) is 4.90 Å². The molecule has 0 saturated heterocycles. The van der Waals surface area contributed by atoms with Gasteiger partial charge < -0.3 is 5.32 Å². The molecular weight excluding hydrogens is 326 g/mol. The Hall–Kier alpha value is -2.17. The molecule has 3 aromatic rings. The average Bonchev–Trinajstić information content (AvgIpc) is 3.07. The first-order valence-corrected chi connectivity index (χ1v) is 9.71. The number of fused-ring (bicyclic) bond motifs is 2. The van der Waals surface area contributed by atoms with E-state index in [1.54, 1.807) is 0 Å². The minimum absolute atomic E-state index is 0.509. The zero-order valence-corrected chi connectivity index (χ0v) is 15.1. The van der Waals surface area contributed by atoms with E-state index in [2.05, 4.69) is 65.8 Å². The van der Waals surface area contributed by atoms with Gasteiger partial charge in [0.2, 0.25) is 0 Å². The van der Waals surface area contributed by atoms with Gasteiger partial charge in [0.25, 0.3) is 0 Å². The Bertz CT molecular complexity index is 916. The summed E-state index contributed by atoms with van der Waals surface area (Å²) >= 11 is 1.82. The van der Waals surface area contributed by atoms with Gasteiger partial charge in [-0.1, -0.05) is 48.5 Å². The lowest BCUT2D eigenvalue weighted by molar-refractivity contribution is 0.229. The highest BCUT2D eigenvalue weighted by Crippen LogP contribution is 2.46. The molecule has 1 aromatic heterocycles. The molecule has 1 unspecified atom stereocenters. The molecule has 0 bridgehead atoms. The van der Waals surface area contributed by atoms with E-state index in [-0.39, 0.29) is 0 Å². The normalized spacial score (nSPS) is 18.5. The van der Waals surface area contributed by atoms with Crippen LogP contribution in [0.2, 0.25) is 0 Å². The quantitative estimate of drug-likeness (QED) is 0.756. The number of hydrogen-bond acceptors (Lipinski definition) is 4. The molecule has 3 nitrogen and oxygen atoms in total. The second-order valence-electron chi connectivity index (χ2n) is 6.96. The molecule has 2 aliphatic rings. The average molecular weight is 347 g/mol. The molecule has 5 rings (SSSR count). The van der Waals surface area contributed by atoms with Crippen molar-refractivity contribution in [1.29, 1.82) is 0 Å². The van der Waals surface area contributed by atoms with Gasteiger partial charge in [0.15, 0.2) is 5.13 Å². The maximum absolute atomic E-state index is 4.96. The van der Waals surface area contributed by atoms with Gasteiger partial charge in [-0.2, -0.15) is 0 Å². The highest BCUT2D eigenvalue weighted by molar-refractivity contribution is 7.16. The Morgan fingerprint density at radius 3 is 2.92 bits per heavy atom. The Labute approximate surface area is 152 Å². The van der Waals surface area contributed by atoms with Crippen molar-refractivity contribution < 1.29 is 0 Å². The topological polar surface area (TPSA) is 28.2 Å². The van der Waals surface area contributed by atoms with E-state index in [1.165, 1.54) is 32.8 Å². The smallest absolute Gasteiger partial charge is 0.183 e. The van der Waals surface area contributed by atoms with Crippen molar-refractivity contribution in [2.24, 2.45) is 0 Å². The lowest BCUT2D eigenvalue weighted by Gasteiger charge is -2.38. The molecule has 1 N–H and O–H groups in total. The highest BCUT2D eigenvalue weighted by Gasteiger charge is 2.34. The van der Waals surface area contributed by atoms with Crippen molar-refractivity contribution in [3.05, 3.63) is 70.1 Å². The molecule has 0 saturated carbocycles. The predicted octanol–water partition coefficient (Wildman–Crippen LogP) is 4.51. The number of thiazole rings is 1. The summed E-state index contributed by atoms with van der Waals surface area (Å²) in [5.41, 5.74) is 6.86. The second-order valence-corrected chi connectivity index (χ2v) is 8.04. The molecule has 0 fully saturated rings. The van der Waals surface area contributed by atoms with Crippen LogP contribution in [0.3, 0.4) is 0 Å². The van der Waals surface area contributed by atoms with Gasteiger partial charge in [-0.15, -0.1) is 11.3 Å². The number of hydrogen-bond donors (Lipinski definition) is 1. The Morgan fingerprint density at radius 2 is 2.04 bits per heavy atom. The van der Waals surface area contributed by atoms with Gasteiger partial charge in [-0.25, -0.2) is 4.98 Å². The lowest BCUT2D eigenvalue weighted by atomic mass is 9.82. The van der Waals surface area contributed by atoms with E-state index >= 15 is 0 Å². The molecule has 4 heteroatoms. The Balaban J connectivity index is 1.49. The largest absolute Gasteiger partial charge is 0.357 e. The fraction of sp³-hybridized carbons (Fsp3) is 0.286. The summed E-state index contributed by atoms with van der Waals surface area (Å²) in [6.07, 6.45) is 2.23. The fourth-order valence-electron chi connectivity index (χ4n) is 4.09. The van der Waals surface area contributed by atoms with Crippen LogP contribution in [0, 0.1) is 0 Å². The van der Waals surface area contributed by atoms with E-state index in [4.69, 9.17) is 4.98 Å². The summed E-state index contributed by atoms with van der Waals surface area (Å²) in [5, 5.41) is 4.55. The summed E-state index contributed by atoms with van der Waals surface area (Å²) in [6, 6.07) is 17.8. The van der Waals surface area contributed by atoms with Crippen LogP contribution in [0.5, 0.6) is 0 Å². The molecule has 2 aromatic carbocycles. The predicted molar refractivity (Wildman–Crippen MR) is 104 cm³/mol. The molecule has 1 aliphatic heterocycles. The SMILES string of the molecule is CN1CCc2cccc3c2C1Cc1sc(NCc2ccccc2)nc1-3. The van der Waals surface area contributed by atoms with E-state index < -0.39 is 0 Å². The maximum Gasteiger partial charge on any atom is 0.183 e. The summed E-state index contributed by atoms with van der Waals surface area (Å²) in [7, 11) is 2.25. The molecule has 0 radical (unpaired) electrons. The second kappa shape index (κ2) is 5.97. The lowest BCUT2D eigenvalue weighted by Crippen LogP contribution is -2.35. The number of rotatable bonds is 3.